The summed E-state index contributed by atoms with van der Waals surface area (Å²) in [6.07, 6.45) is 5.57. The van der Waals surface area contributed by atoms with Crippen molar-refractivity contribution in [1.29, 1.82) is 0 Å². The van der Waals surface area contributed by atoms with Crippen molar-refractivity contribution in [3.63, 3.8) is 0 Å². The van der Waals surface area contributed by atoms with Crippen LogP contribution in [0.5, 0.6) is 0 Å². The number of nitrogens with one attached hydrogen (secondary N) is 2. The molecule has 1 heterocycles. The van der Waals surface area contributed by atoms with Gasteiger partial charge in [-0.2, -0.15) is 0 Å². The first-order valence-corrected chi connectivity index (χ1v) is 6.37. The Morgan fingerprint density at radius 3 is 3.06 bits per heavy atom. The highest BCUT2D eigenvalue weighted by atomic mass is 16.5. The number of hydrogen-bond donors (Lipinski definition) is 2. The summed E-state index contributed by atoms with van der Waals surface area (Å²) in [7, 11) is 1.87. The summed E-state index contributed by atoms with van der Waals surface area (Å²) in [6, 6.07) is 0.352. The second-order valence-electron chi connectivity index (χ2n) is 4.82. The lowest BCUT2D eigenvalue weighted by atomic mass is 9.82. The molecule has 0 bridgehead atoms. The zero-order chi connectivity index (χ0) is 11.4. The minimum atomic E-state index is 0.173. The van der Waals surface area contributed by atoms with Crippen LogP contribution in [0, 0.1) is 5.92 Å². The van der Waals surface area contributed by atoms with E-state index in [1.807, 2.05) is 7.05 Å². The highest BCUT2D eigenvalue weighted by Gasteiger charge is 2.37. The van der Waals surface area contributed by atoms with Crippen molar-refractivity contribution in [3.8, 4) is 0 Å². The van der Waals surface area contributed by atoms with E-state index in [0.717, 1.165) is 26.0 Å². The van der Waals surface area contributed by atoms with Crippen molar-refractivity contribution >= 4 is 5.91 Å². The van der Waals surface area contributed by atoms with Gasteiger partial charge in [-0.1, -0.05) is 0 Å². The van der Waals surface area contributed by atoms with E-state index in [1.54, 1.807) is 0 Å². The molecule has 0 radical (unpaired) electrons. The summed E-state index contributed by atoms with van der Waals surface area (Å²) in [6.45, 7) is 1.63. The molecule has 1 aliphatic heterocycles. The van der Waals surface area contributed by atoms with Crippen LogP contribution in [0.15, 0.2) is 0 Å². The molecule has 1 amide bonds. The molecule has 2 N–H and O–H groups in total. The van der Waals surface area contributed by atoms with Crippen LogP contribution in [-0.2, 0) is 9.53 Å². The van der Waals surface area contributed by atoms with Gasteiger partial charge in [0.15, 0.2) is 0 Å². The number of ether oxygens (including phenoxy) is 1. The van der Waals surface area contributed by atoms with E-state index in [-0.39, 0.29) is 5.91 Å². The molecular weight excluding hydrogens is 204 g/mol. The monoisotopic (exact) mass is 226 g/mol. The van der Waals surface area contributed by atoms with Crippen molar-refractivity contribution in [3.05, 3.63) is 0 Å². The van der Waals surface area contributed by atoms with Gasteiger partial charge in [-0.05, 0) is 32.7 Å². The van der Waals surface area contributed by atoms with Crippen LogP contribution in [0.3, 0.4) is 0 Å². The highest BCUT2D eigenvalue weighted by Crippen LogP contribution is 2.34. The van der Waals surface area contributed by atoms with Crippen molar-refractivity contribution in [2.45, 2.75) is 44.2 Å². The van der Waals surface area contributed by atoms with Gasteiger partial charge in [0.1, 0.15) is 0 Å². The van der Waals surface area contributed by atoms with E-state index >= 15 is 0 Å². The quantitative estimate of drug-likeness (QED) is 0.741. The third-order valence-electron chi connectivity index (χ3n) is 3.73. The van der Waals surface area contributed by atoms with Gasteiger partial charge in [-0.3, -0.25) is 4.79 Å². The normalized spacial score (nSPS) is 33.4. The lowest BCUT2D eigenvalue weighted by molar-refractivity contribution is -0.122. The second-order valence-corrected chi connectivity index (χ2v) is 4.82. The van der Waals surface area contributed by atoms with Crippen LogP contribution in [0.4, 0.5) is 0 Å². The van der Waals surface area contributed by atoms with Gasteiger partial charge < -0.3 is 15.4 Å². The van der Waals surface area contributed by atoms with Crippen LogP contribution in [0.25, 0.3) is 0 Å². The first kappa shape index (κ1) is 11.9. The number of amides is 1. The van der Waals surface area contributed by atoms with Gasteiger partial charge in [0.2, 0.25) is 5.91 Å². The summed E-state index contributed by atoms with van der Waals surface area (Å²) >= 11 is 0. The molecule has 0 aromatic carbocycles. The summed E-state index contributed by atoms with van der Waals surface area (Å²) in [5, 5.41) is 6.16. The Labute approximate surface area is 97.1 Å². The van der Waals surface area contributed by atoms with Crippen LogP contribution < -0.4 is 10.6 Å². The molecule has 0 spiro atoms. The fourth-order valence-corrected chi connectivity index (χ4v) is 2.87. The van der Waals surface area contributed by atoms with Crippen LogP contribution in [0.1, 0.15) is 32.1 Å². The van der Waals surface area contributed by atoms with Gasteiger partial charge in [0, 0.05) is 31.5 Å². The van der Waals surface area contributed by atoms with Gasteiger partial charge in [0.05, 0.1) is 6.10 Å². The Morgan fingerprint density at radius 1 is 1.38 bits per heavy atom. The summed E-state index contributed by atoms with van der Waals surface area (Å²) in [4.78, 5) is 11.7. The molecule has 4 nitrogen and oxygen atoms in total. The number of rotatable bonds is 4. The summed E-state index contributed by atoms with van der Waals surface area (Å²) in [5.41, 5.74) is 0. The first-order chi connectivity index (χ1) is 7.81. The van der Waals surface area contributed by atoms with E-state index in [1.165, 1.54) is 12.8 Å². The lowest BCUT2D eigenvalue weighted by Gasteiger charge is -2.33. The molecule has 16 heavy (non-hydrogen) atoms. The Bertz CT molecular complexity index is 245. The standard InChI is InChI=1S/C12H22N2O2/c1-13-7-5-12(15)14-10-3-2-4-11-9(10)6-8-16-11/h9-11,13H,2-8H2,1H3,(H,14,15). The molecule has 1 saturated heterocycles. The van der Waals surface area contributed by atoms with E-state index < -0.39 is 0 Å². The largest absolute Gasteiger partial charge is 0.378 e. The number of hydrogen-bond acceptors (Lipinski definition) is 3. The Kier molecular flexibility index (Phi) is 4.18. The SMILES string of the molecule is CNCCC(=O)NC1CCCC2OCCC12. The molecular formula is C12H22N2O2. The van der Waals surface area contributed by atoms with Crippen molar-refractivity contribution in [2.75, 3.05) is 20.2 Å². The average Bonchev–Trinajstić information content (AvgIpc) is 2.75. The molecule has 3 unspecified atom stereocenters. The molecule has 4 heteroatoms. The maximum atomic E-state index is 11.7. The maximum absolute atomic E-state index is 11.7. The number of fused-ring (bicyclic) bond motifs is 1. The lowest BCUT2D eigenvalue weighted by Crippen LogP contribution is -2.46. The van der Waals surface area contributed by atoms with E-state index in [0.29, 0.717) is 24.5 Å². The molecule has 2 aliphatic rings. The fraction of sp³-hybridized carbons (Fsp3) is 0.917. The molecule has 1 aliphatic carbocycles. The molecule has 3 atom stereocenters. The first-order valence-electron chi connectivity index (χ1n) is 6.37. The third-order valence-corrected chi connectivity index (χ3v) is 3.73. The molecule has 2 rings (SSSR count). The van der Waals surface area contributed by atoms with E-state index in [4.69, 9.17) is 4.74 Å². The zero-order valence-corrected chi connectivity index (χ0v) is 10.00. The molecule has 0 aromatic heterocycles. The predicted molar refractivity (Wildman–Crippen MR) is 62.2 cm³/mol. The van der Waals surface area contributed by atoms with Crippen LogP contribution in [-0.4, -0.2) is 38.3 Å². The van der Waals surface area contributed by atoms with Crippen LogP contribution >= 0.6 is 0 Å². The summed E-state index contributed by atoms with van der Waals surface area (Å²) < 4.78 is 5.69. The summed E-state index contributed by atoms with van der Waals surface area (Å²) in [5.74, 6) is 0.735. The van der Waals surface area contributed by atoms with Gasteiger partial charge in [-0.15, -0.1) is 0 Å². The van der Waals surface area contributed by atoms with Crippen molar-refractivity contribution in [1.82, 2.24) is 10.6 Å². The Balaban J connectivity index is 1.81. The molecule has 1 saturated carbocycles. The van der Waals surface area contributed by atoms with Crippen molar-refractivity contribution in [2.24, 2.45) is 5.92 Å². The third kappa shape index (κ3) is 2.74. The molecule has 0 aromatic rings. The minimum absolute atomic E-state index is 0.173. The van der Waals surface area contributed by atoms with Gasteiger partial charge in [-0.25, -0.2) is 0 Å². The second kappa shape index (κ2) is 5.64. The van der Waals surface area contributed by atoms with Crippen LogP contribution in [0.2, 0.25) is 0 Å². The highest BCUT2D eigenvalue weighted by molar-refractivity contribution is 5.76. The number of carbonyl (C=O) groups excluding carboxylic acids is 1. The topological polar surface area (TPSA) is 50.4 Å². The average molecular weight is 226 g/mol. The van der Waals surface area contributed by atoms with E-state index in [2.05, 4.69) is 10.6 Å². The smallest absolute Gasteiger partial charge is 0.221 e. The fourth-order valence-electron chi connectivity index (χ4n) is 2.87. The van der Waals surface area contributed by atoms with Gasteiger partial charge in [0.25, 0.3) is 0 Å². The van der Waals surface area contributed by atoms with Crippen molar-refractivity contribution < 1.29 is 9.53 Å². The number of carbonyl (C=O) groups is 1. The zero-order valence-electron chi connectivity index (χ0n) is 10.00. The molecule has 92 valence electrons. The minimum Gasteiger partial charge on any atom is -0.378 e. The molecule has 2 fully saturated rings. The maximum Gasteiger partial charge on any atom is 0.221 e. The predicted octanol–water partition coefficient (Wildman–Crippen LogP) is 0.670. The Morgan fingerprint density at radius 2 is 2.25 bits per heavy atom. The van der Waals surface area contributed by atoms with E-state index in [9.17, 15) is 4.79 Å². The Hall–Kier alpha value is -0.610. The van der Waals surface area contributed by atoms with Gasteiger partial charge >= 0.3 is 0 Å².